The number of rotatable bonds is 2. The Balaban J connectivity index is 2.61. The lowest BCUT2D eigenvalue weighted by molar-refractivity contribution is 0.828. The fraction of sp³-hybridized carbons (Fsp3) is 0.333. The molecule has 0 radical (unpaired) electrons. The predicted octanol–water partition coefficient (Wildman–Crippen LogP) is 2.81. The predicted molar refractivity (Wildman–Crippen MR) is 57.3 cm³/mol. The minimum absolute atomic E-state index is 0.770. The Bertz CT molecular complexity index is 317. The molecule has 0 spiro atoms. The molecule has 2 N–H and O–H groups in total. The van der Waals surface area contributed by atoms with Crippen molar-refractivity contribution in [1.82, 2.24) is 0 Å². The fourth-order valence-corrected chi connectivity index (χ4v) is 1.03. The summed E-state index contributed by atoms with van der Waals surface area (Å²) >= 11 is 0. The summed E-state index contributed by atoms with van der Waals surface area (Å²) in [4.78, 5) is 0. The van der Waals surface area contributed by atoms with Crippen LogP contribution >= 0.6 is 0 Å². The van der Waals surface area contributed by atoms with Gasteiger partial charge in [-0.05, 0) is 18.6 Å². The molecular weight excluding hydrogens is 158 g/mol. The Labute approximate surface area is 80.0 Å². The summed E-state index contributed by atoms with van der Waals surface area (Å²) in [5.74, 6) is 6.19. The second-order valence-electron chi connectivity index (χ2n) is 2.99. The molecule has 0 atom stereocenters. The SMILES string of the molecule is CCCCC#Cc1ccccc1N. The molecule has 0 aliphatic carbocycles. The smallest absolute Gasteiger partial charge is 0.0474 e. The maximum atomic E-state index is 5.73. The molecular formula is C12H15N. The molecule has 0 heterocycles. The number of unbranched alkanes of at least 4 members (excludes halogenated alkanes) is 2. The Kier molecular flexibility index (Phi) is 3.92. The van der Waals surface area contributed by atoms with Crippen LogP contribution < -0.4 is 5.73 Å². The first kappa shape index (κ1) is 9.67. The van der Waals surface area contributed by atoms with Gasteiger partial charge in [0, 0.05) is 17.7 Å². The van der Waals surface area contributed by atoms with Gasteiger partial charge in [0.25, 0.3) is 0 Å². The van der Waals surface area contributed by atoms with Gasteiger partial charge in [-0.15, -0.1) is 0 Å². The van der Waals surface area contributed by atoms with E-state index < -0.39 is 0 Å². The summed E-state index contributed by atoms with van der Waals surface area (Å²) in [5, 5.41) is 0. The van der Waals surface area contributed by atoms with Gasteiger partial charge in [-0.25, -0.2) is 0 Å². The first-order valence-corrected chi connectivity index (χ1v) is 4.68. The van der Waals surface area contributed by atoms with Gasteiger partial charge in [0.2, 0.25) is 0 Å². The number of nitrogen functional groups attached to an aromatic ring is 1. The van der Waals surface area contributed by atoms with E-state index >= 15 is 0 Å². The van der Waals surface area contributed by atoms with E-state index in [1.165, 1.54) is 12.8 Å². The highest BCUT2D eigenvalue weighted by Gasteiger charge is 1.90. The summed E-state index contributed by atoms with van der Waals surface area (Å²) in [7, 11) is 0. The normalized spacial score (nSPS) is 9.00. The third-order valence-corrected chi connectivity index (χ3v) is 1.84. The molecule has 68 valence electrons. The van der Waals surface area contributed by atoms with Gasteiger partial charge in [-0.2, -0.15) is 0 Å². The van der Waals surface area contributed by atoms with Crippen molar-refractivity contribution in [3.63, 3.8) is 0 Å². The van der Waals surface area contributed by atoms with Crippen LogP contribution in [0.5, 0.6) is 0 Å². The molecule has 1 aromatic rings. The Morgan fingerprint density at radius 1 is 1.31 bits per heavy atom. The first-order chi connectivity index (χ1) is 6.34. The van der Waals surface area contributed by atoms with Crippen LogP contribution in [-0.4, -0.2) is 0 Å². The highest BCUT2D eigenvalue weighted by atomic mass is 14.5. The van der Waals surface area contributed by atoms with Crippen LogP contribution in [0.1, 0.15) is 31.7 Å². The number of benzene rings is 1. The quantitative estimate of drug-likeness (QED) is 0.415. The fourth-order valence-electron chi connectivity index (χ4n) is 1.03. The maximum absolute atomic E-state index is 5.73. The van der Waals surface area contributed by atoms with Crippen molar-refractivity contribution in [1.29, 1.82) is 0 Å². The summed E-state index contributed by atoms with van der Waals surface area (Å²) in [6.07, 6.45) is 3.32. The van der Waals surface area contributed by atoms with Crippen molar-refractivity contribution in [3.05, 3.63) is 29.8 Å². The molecule has 0 amide bonds. The van der Waals surface area contributed by atoms with Gasteiger partial charge in [-0.1, -0.05) is 37.3 Å². The molecule has 0 fully saturated rings. The largest absolute Gasteiger partial charge is 0.398 e. The lowest BCUT2D eigenvalue weighted by Gasteiger charge is -1.94. The van der Waals surface area contributed by atoms with Crippen molar-refractivity contribution in [2.24, 2.45) is 0 Å². The van der Waals surface area contributed by atoms with E-state index in [9.17, 15) is 0 Å². The van der Waals surface area contributed by atoms with Gasteiger partial charge in [0.05, 0.1) is 0 Å². The Hall–Kier alpha value is -1.42. The van der Waals surface area contributed by atoms with E-state index in [0.29, 0.717) is 0 Å². The second-order valence-corrected chi connectivity index (χ2v) is 2.99. The van der Waals surface area contributed by atoms with Crippen LogP contribution in [0, 0.1) is 11.8 Å². The van der Waals surface area contributed by atoms with Gasteiger partial charge < -0.3 is 5.73 Å². The zero-order valence-electron chi connectivity index (χ0n) is 8.01. The molecule has 1 aromatic carbocycles. The van der Waals surface area contributed by atoms with E-state index in [1.807, 2.05) is 24.3 Å². The molecule has 0 aromatic heterocycles. The van der Waals surface area contributed by atoms with Crippen molar-refractivity contribution in [2.75, 3.05) is 5.73 Å². The minimum Gasteiger partial charge on any atom is -0.398 e. The molecule has 0 saturated heterocycles. The van der Waals surface area contributed by atoms with Gasteiger partial charge in [0.1, 0.15) is 0 Å². The molecule has 0 bridgehead atoms. The van der Waals surface area contributed by atoms with Crippen LogP contribution in [0.3, 0.4) is 0 Å². The second kappa shape index (κ2) is 5.27. The highest BCUT2D eigenvalue weighted by molar-refractivity contribution is 5.55. The van der Waals surface area contributed by atoms with E-state index in [4.69, 9.17) is 5.73 Å². The van der Waals surface area contributed by atoms with E-state index in [-0.39, 0.29) is 0 Å². The molecule has 0 aliphatic rings. The molecule has 13 heavy (non-hydrogen) atoms. The maximum Gasteiger partial charge on any atom is 0.0474 e. The number of nitrogens with two attached hydrogens (primary N) is 1. The van der Waals surface area contributed by atoms with Crippen LogP contribution in [-0.2, 0) is 0 Å². The van der Waals surface area contributed by atoms with Crippen molar-refractivity contribution in [3.8, 4) is 11.8 Å². The topological polar surface area (TPSA) is 26.0 Å². The third-order valence-electron chi connectivity index (χ3n) is 1.84. The molecule has 1 nitrogen and oxygen atoms in total. The van der Waals surface area contributed by atoms with Crippen LogP contribution in [0.4, 0.5) is 5.69 Å². The van der Waals surface area contributed by atoms with E-state index in [2.05, 4.69) is 18.8 Å². The lowest BCUT2D eigenvalue weighted by atomic mass is 10.2. The monoisotopic (exact) mass is 173 g/mol. The van der Waals surface area contributed by atoms with Crippen molar-refractivity contribution in [2.45, 2.75) is 26.2 Å². The van der Waals surface area contributed by atoms with Crippen molar-refractivity contribution < 1.29 is 0 Å². The molecule has 0 saturated carbocycles. The van der Waals surface area contributed by atoms with Crippen LogP contribution in [0.25, 0.3) is 0 Å². The number of anilines is 1. The third kappa shape index (κ3) is 3.21. The van der Waals surface area contributed by atoms with Crippen LogP contribution in [0.2, 0.25) is 0 Å². The molecule has 0 unspecified atom stereocenters. The Morgan fingerprint density at radius 3 is 2.77 bits per heavy atom. The molecule has 1 rings (SSSR count). The number of hydrogen-bond donors (Lipinski definition) is 1. The average molecular weight is 173 g/mol. The van der Waals surface area contributed by atoms with Gasteiger partial charge in [0.15, 0.2) is 0 Å². The van der Waals surface area contributed by atoms with Gasteiger partial charge >= 0.3 is 0 Å². The summed E-state index contributed by atoms with van der Waals surface area (Å²) in [6, 6.07) is 7.71. The Morgan fingerprint density at radius 2 is 2.08 bits per heavy atom. The summed E-state index contributed by atoms with van der Waals surface area (Å²) in [5.41, 5.74) is 7.45. The highest BCUT2D eigenvalue weighted by Crippen LogP contribution is 2.08. The standard InChI is InChI=1S/C12H15N/c1-2-3-4-5-8-11-9-6-7-10-12(11)13/h6-7,9-10H,2-4,13H2,1H3. The summed E-state index contributed by atoms with van der Waals surface area (Å²) in [6.45, 7) is 2.17. The number of para-hydroxylation sites is 1. The zero-order chi connectivity index (χ0) is 9.52. The van der Waals surface area contributed by atoms with Crippen molar-refractivity contribution >= 4 is 5.69 Å². The number of hydrogen-bond acceptors (Lipinski definition) is 1. The van der Waals surface area contributed by atoms with E-state index in [0.717, 1.165) is 17.7 Å². The van der Waals surface area contributed by atoms with Crippen LogP contribution in [0.15, 0.2) is 24.3 Å². The minimum atomic E-state index is 0.770. The van der Waals surface area contributed by atoms with E-state index in [1.54, 1.807) is 0 Å². The lowest BCUT2D eigenvalue weighted by Crippen LogP contribution is -1.88. The summed E-state index contributed by atoms with van der Waals surface area (Å²) < 4.78 is 0. The first-order valence-electron chi connectivity index (χ1n) is 4.68. The zero-order valence-corrected chi connectivity index (χ0v) is 8.01. The van der Waals surface area contributed by atoms with Gasteiger partial charge in [-0.3, -0.25) is 0 Å². The average Bonchev–Trinajstić information content (AvgIpc) is 2.15. The molecule has 0 aliphatic heterocycles. The molecule has 1 heteroatoms.